The van der Waals surface area contributed by atoms with Crippen LogP contribution in [0.4, 0.5) is 5.69 Å². The summed E-state index contributed by atoms with van der Waals surface area (Å²) in [6.07, 6.45) is 5.10. The molecule has 3 aromatic rings. The molecule has 1 fully saturated rings. The second-order valence-corrected chi connectivity index (χ2v) is 13.4. The van der Waals surface area contributed by atoms with Gasteiger partial charge in [-0.3, -0.25) is 13.9 Å². The number of aryl methyl sites for hydroxylation is 1. The Bertz CT molecular complexity index is 1480. The summed E-state index contributed by atoms with van der Waals surface area (Å²) in [7, 11) is -2.72. The Morgan fingerprint density at radius 1 is 1.00 bits per heavy atom. The Kier molecular flexibility index (Phi) is 10.7. The van der Waals surface area contributed by atoms with Crippen LogP contribution in [-0.2, 0) is 26.2 Å². The zero-order valence-corrected chi connectivity index (χ0v) is 26.7. The minimum absolute atomic E-state index is 0.0453. The maximum Gasteiger partial charge on any atom is 0.264 e. The summed E-state index contributed by atoms with van der Waals surface area (Å²) in [6, 6.07) is 19.9. The molecular weight excluding hydrogens is 618 g/mol. The minimum Gasteiger partial charge on any atom is -0.495 e. The van der Waals surface area contributed by atoms with E-state index in [2.05, 4.69) is 21.2 Å². The highest BCUT2D eigenvalue weighted by atomic mass is 79.9. The van der Waals surface area contributed by atoms with E-state index in [1.165, 1.54) is 24.1 Å². The lowest BCUT2D eigenvalue weighted by atomic mass is 9.95. The lowest BCUT2D eigenvalue weighted by molar-refractivity contribution is -0.139. The van der Waals surface area contributed by atoms with Crippen LogP contribution in [-0.4, -0.2) is 50.9 Å². The number of halogens is 1. The number of carbonyl (C=O) groups is 2. The number of methoxy groups -OCH3 is 1. The van der Waals surface area contributed by atoms with E-state index in [9.17, 15) is 18.0 Å². The second kappa shape index (κ2) is 14.2. The van der Waals surface area contributed by atoms with Gasteiger partial charge in [0.15, 0.2) is 0 Å². The van der Waals surface area contributed by atoms with Crippen LogP contribution in [0, 0.1) is 6.92 Å². The molecule has 4 rings (SSSR count). The zero-order valence-electron chi connectivity index (χ0n) is 24.3. The number of ether oxygens (including phenoxy) is 1. The molecule has 1 saturated carbocycles. The van der Waals surface area contributed by atoms with Gasteiger partial charge in [0, 0.05) is 17.1 Å². The number of nitrogens with one attached hydrogen (secondary N) is 1. The van der Waals surface area contributed by atoms with E-state index < -0.39 is 28.5 Å². The highest BCUT2D eigenvalue weighted by Gasteiger charge is 2.34. The Labute approximate surface area is 257 Å². The van der Waals surface area contributed by atoms with Crippen molar-refractivity contribution in [2.45, 2.75) is 69.5 Å². The lowest BCUT2D eigenvalue weighted by Gasteiger charge is -2.33. The van der Waals surface area contributed by atoms with Crippen LogP contribution in [0.3, 0.4) is 0 Å². The molecule has 0 spiro atoms. The molecule has 2 amide bonds. The molecule has 1 aliphatic carbocycles. The van der Waals surface area contributed by atoms with Crippen molar-refractivity contribution in [3.8, 4) is 5.75 Å². The van der Waals surface area contributed by atoms with Crippen molar-refractivity contribution in [1.29, 1.82) is 0 Å². The summed E-state index contributed by atoms with van der Waals surface area (Å²) in [6.45, 7) is 3.15. The topological polar surface area (TPSA) is 96.0 Å². The average molecular weight is 657 g/mol. The molecule has 1 N–H and O–H groups in total. The summed E-state index contributed by atoms with van der Waals surface area (Å²) >= 11 is 3.44. The third-order valence-electron chi connectivity index (χ3n) is 7.60. The van der Waals surface area contributed by atoms with E-state index >= 15 is 0 Å². The molecule has 0 heterocycles. The maximum absolute atomic E-state index is 14.2. The quantitative estimate of drug-likeness (QED) is 0.281. The summed E-state index contributed by atoms with van der Waals surface area (Å²) in [5.74, 6) is -0.444. The van der Waals surface area contributed by atoms with Gasteiger partial charge < -0.3 is 15.0 Å². The lowest BCUT2D eigenvalue weighted by Crippen LogP contribution is -2.53. The van der Waals surface area contributed by atoms with Gasteiger partial charge in [0.25, 0.3) is 10.0 Å². The molecule has 0 aliphatic heterocycles. The fourth-order valence-corrected chi connectivity index (χ4v) is 6.87. The number of rotatable bonds is 11. The standard InChI is InChI=1S/C32H38BrN3O5S/c1-23-14-19-30(41-3)29(20-23)36(42(39,40)28-12-8-5-9-13-28)22-31(37)35(21-25-15-17-26(33)18-16-25)24(2)32(38)34-27-10-6-4-7-11-27/h5,8-9,12-20,24,27H,4,6-7,10-11,21-22H2,1-3H3,(H,34,38)/t24-/m1/s1. The molecule has 0 aromatic heterocycles. The van der Waals surface area contributed by atoms with Gasteiger partial charge in [0.05, 0.1) is 17.7 Å². The average Bonchev–Trinajstić information content (AvgIpc) is 3.00. The second-order valence-electron chi connectivity index (χ2n) is 10.7. The third-order valence-corrected chi connectivity index (χ3v) is 9.90. The molecule has 3 aromatic carbocycles. The van der Waals surface area contributed by atoms with E-state index in [0.717, 1.165) is 52.0 Å². The predicted molar refractivity (Wildman–Crippen MR) is 168 cm³/mol. The van der Waals surface area contributed by atoms with Crippen LogP contribution in [0.2, 0.25) is 0 Å². The third kappa shape index (κ3) is 7.72. The number of carbonyl (C=O) groups excluding carboxylic acids is 2. The fraction of sp³-hybridized carbons (Fsp3) is 0.375. The number of amides is 2. The first-order valence-corrected chi connectivity index (χ1v) is 16.4. The van der Waals surface area contributed by atoms with Crippen LogP contribution >= 0.6 is 15.9 Å². The molecule has 0 saturated heterocycles. The molecule has 0 bridgehead atoms. The molecule has 1 aliphatic rings. The van der Waals surface area contributed by atoms with Crippen LogP contribution in [0.5, 0.6) is 5.75 Å². The van der Waals surface area contributed by atoms with Gasteiger partial charge in [-0.1, -0.05) is 71.6 Å². The maximum atomic E-state index is 14.2. The van der Waals surface area contributed by atoms with Gasteiger partial charge in [0.2, 0.25) is 11.8 Å². The summed E-state index contributed by atoms with van der Waals surface area (Å²) in [4.78, 5) is 29.1. The number of sulfonamides is 1. The summed E-state index contributed by atoms with van der Waals surface area (Å²) < 4.78 is 35.6. The number of anilines is 1. The summed E-state index contributed by atoms with van der Waals surface area (Å²) in [5, 5.41) is 3.12. The van der Waals surface area contributed by atoms with E-state index in [1.54, 1.807) is 37.3 Å². The van der Waals surface area contributed by atoms with Crippen LogP contribution in [0.15, 0.2) is 82.2 Å². The van der Waals surface area contributed by atoms with Crippen molar-refractivity contribution in [3.63, 3.8) is 0 Å². The largest absolute Gasteiger partial charge is 0.495 e. The van der Waals surface area contributed by atoms with E-state index in [4.69, 9.17) is 4.74 Å². The Hall–Kier alpha value is -3.37. The number of hydrogen-bond acceptors (Lipinski definition) is 5. The highest BCUT2D eigenvalue weighted by Crippen LogP contribution is 2.34. The predicted octanol–water partition coefficient (Wildman–Crippen LogP) is 5.83. The molecule has 8 nitrogen and oxygen atoms in total. The van der Waals surface area contributed by atoms with Crippen molar-refractivity contribution in [2.75, 3.05) is 18.0 Å². The fourth-order valence-electron chi connectivity index (χ4n) is 5.17. The molecule has 42 heavy (non-hydrogen) atoms. The number of nitrogens with zero attached hydrogens (tertiary/aromatic N) is 2. The number of hydrogen-bond donors (Lipinski definition) is 1. The van der Waals surface area contributed by atoms with Gasteiger partial charge in [0.1, 0.15) is 18.3 Å². The van der Waals surface area contributed by atoms with Crippen molar-refractivity contribution in [1.82, 2.24) is 10.2 Å². The van der Waals surface area contributed by atoms with Crippen LogP contribution < -0.4 is 14.4 Å². The van der Waals surface area contributed by atoms with E-state index in [0.29, 0.717) is 5.75 Å². The van der Waals surface area contributed by atoms with Gasteiger partial charge in [-0.15, -0.1) is 0 Å². The Balaban J connectivity index is 1.71. The van der Waals surface area contributed by atoms with Gasteiger partial charge in [-0.05, 0) is 74.2 Å². The van der Waals surface area contributed by atoms with Crippen molar-refractivity contribution in [2.24, 2.45) is 0 Å². The van der Waals surface area contributed by atoms with Crippen LogP contribution in [0.25, 0.3) is 0 Å². The first-order chi connectivity index (χ1) is 20.1. The van der Waals surface area contributed by atoms with E-state index in [1.807, 2.05) is 37.3 Å². The summed E-state index contributed by atoms with van der Waals surface area (Å²) in [5.41, 5.74) is 1.87. The molecule has 1 atom stereocenters. The van der Waals surface area contributed by atoms with Gasteiger partial charge in [-0.25, -0.2) is 8.42 Å². The Morgan fingerprint density at radius 2 is 1.67 bits per heavy atom. The highest BCUT2D eigenvalue weighted by molar-refractivity contribution is 9.10. The van der Waals surface area contributed by atoms with Gasteiger partial charge >= 0.3 is 0 Å². The monoisotopic (exact) mass is 655 g/mol. The minimum atomic E-state index is -4.18. The van der Waals surface area contributed by atoms with Crippen molar-refractivity contribution >= 4 is 43.5 Å². The smallest absolute Gasteiger partial charge is 0.264 e. The van der Waals surface area contributed by atoms with Crippen LogP contribution in [0.1, 0.15) is 50.2 Å². The van der Waals surface area contributed by atoms with E-state index in [-0.39, 0.29) is 29.1 Å². The zero-order chi connectivity index (χ0) is 30.3. The first kappa shape index (κ1) is 31.6. The first-order valence-electron chi connectivity index (χ1n) is 14.2. The molecule has 0 unspecified atom stereocenters. The van der Waals surface area contributed by atoms with Crippen molar-refractivity contribution in [3.05, 3.63) is 88.4 Å². The number of benzene rings is 3. The SMILES string of the molecule is COc1ccc(C)cc1N(CC(=O)N(Cc1ccc(Br)cc1)[C@H](C)C(=O)NC1CCCCC1)S(=O)(=O)c1ccccc1. The molecule has 224 valence electrons. The molecule has 10 heteroatoms. The van der Waals surface area contributed by atoms with Crippen molar-refractivity contribution < 1.29 is 22.7 Å². The van der Waals surface area contributed by atoms with Gasteiger partial charge in [-0.2, -0.15) is 0 Å². The normalized spacial score (nSPS) is 14.6. The Morgan fingerprint density at radius 3 is 2.31 bits per heavy atom. The molecular formula is C32H38BrN3O5S. The molecule has 0 radical (unpaired) electrons.